The minimum Gasteiger partial charge on any atom is -0.507 e. The maximum Gasteiger partial charge on any atom is 0.416 e. The van der Waals surface area contributed by atoms with Crippen molar-refractivity contribution in [2.45, 2.75) is 31.6 Å². The van der Waals surface area contributed by atoms with Crippen molar-refractivity contribution in [3.05, 3.63) is 87.4 Å². The Hall–Kier alpha value is -3.23. The van der Waals surface area contributed by atoms with E-state index in [1.54, 1.807) is 18.2 Å². The second-order valence-corrected chi connectivity index (χ2v) is 9.25. The summed E-state index contributed by atoms with van der Waals surface area (Å²) in [6.07, 6.45) is -3.45. The van der Waals surface area contributed by atoms with Crippen LogP contribution in [-0.4, -0.2) is 34.4 Å². The van der Waals surface area contributed by atoms with Crippen LogP contribution >= 0.6 is 23.2 Å². The molecule has 1 aliphatic rings. The van der Waals surface area contributed by atoms with Crippen molar-refractivity contribution in [2.75, 3.05) is 6.54 Å². The molecular weight excluding hydrogens is 516 g/mol. The highest BCUT2D eigenvalue weighted by Crippen LogP contribution is 2.35. The van der Waals surface area contributed by atoms with Crippen LogP contribution in [0.15, 0.2) is 60.7 Å². The number of nitrogens with one attached hydrogen (secondary N) is 1. The Balaban J connectivity index is 1.49. The fourth-order valence-electron chi connectivity index (χ4n) is 4.18. The zero-order valence-corrected chi connectivity index (χ0v) is 20.3. The van der Waals surface area contributed by atoms with E-state index in [4.69, 9.17) is 23.2 Å². The van der Waals surface area contributed by atoms with E-state index in [0.717, 1.165) is 12.1 Å². The molecule has 0 radical (unpaired) electrons. The summed E-state index contributed by atoms with van der Waals surface area (Å²) >= 11 is 12.1. The molecule has 0 aromatic heterocycles. The second kappa shape index (κ2) is 10.4. The van der Waals surface area contributed by atoms with Gasteiger partial charge >= 0.3 is 6.18 Å². The first kappa shape index (κ1) is 25.9. The number of carbonyl (C=O) groups is 2. The summed E-state index contributed by atoms with van der Waals surface area (Å²) < 4.78 is 38.9. The Labute approximate surface area is 215 Å². The van der Waals surface area contributed by atoms with Gasteiger partial charge in [-0.3, -0.25) is 9.59 Å². The van der Waals surface area contributed by atoms with E-state index in [1.807, 2.05) is 0 Å². The van der Waals surface area contributed by atoms with Crippen LogP contribution in [0, 0.1) is 0 Å². The fourth-order valence-corrected chi connectivity index (χ4v) is 4.47. The summed E-state index contributed by atoms with van der Waals surface area (Å²) in [6.45, 7) is 0.255. The van der Waals surface area contributed by atoms with Crippen LogP contribution in [-0.2, 0) is 17.5 Å². The van der Waals surface area contributed by atoms with E-state index in [0.29, 0.717) is 46.1 Å². The average molecular weight is 537 g/mol. The molecule has 1 atom stereocenters. The van der Waals surface area contributed by atoms with Crippen molar-refractivity contribution >= 4 is 35.0 Å². The number of nitrogens with zero attached hydrogens (tertiary/aromatic N) is 1. The van der Waals surface area contributed by atoms with Gasteiger partial charge in [0.05, 0.1) is 15.6 Å². The van der Waals surface area contributed by atoms with Crippen molar-refractivity contribution < 1.29 is 27.9 Å². The number of likely N-dealkylation sites (tertiary alicyclic amines) is 1. The number of aromatic hydroxyl groups is 1. The van der Waals surface area contributed by atoms with Crippen LogP contribution < -0.4 is 5.32 Å². The van der Waals surface area contributed by atoms with Crippen LogP contribution in [0.4, 0.5) is 13.2 Å². The summed E-state index contributed by atoms with van der Waals surface area (Å²) in [5.74, 6) is -0.892. The van der Waals surface area contributed by atoms with Crippen LogP contribution in [0.5, 0.6) is 5.75 Å². The van der Waals surface area contributed by atoms with Gasteiger partial charge in [-0.2, -0.15) is 13.2 Å². The van der Waals surface area contributed by atoms with Crippen molar-refractivity contribution in [3.63, 3.8) is 0 Å². The Morgan fingerprint density at radius 3 is 2.53 bits per heavy atom. The molecular formula is C26H21Cl2F3N2O3. The van der Waals surface area contributed by atoms with E-state index >= 15 is 0 Å². The number of halogens is 5. The standard InChI is InChI=1S/C26H21Cl2F3N2O3/c27-20-8-6-16(13-21(20)28)19-12-17(7-9-23(19)34)25(36)33-10-2-5-22(33)24(35)32-14-15-3-1-4-18(11-15)26(29,30)31/h1,3-4,6-9,11-13,22,34H,2,5,10,14H2,(H,32,35)/t22-/m0/s1. The summed E-state index contributed by atoms with van der Waals surface area (Å²) in [5, 5.41) is 13.6. The molecule has 10 heteroatoms. The van der Waals surface area contributed by atoms with E-state index in [2.05, 4.69) is 5.32 Å². The number of amides is 2. The van der Waals surface area contributed by atoms with Crippen molar-refractivity contribution in [3.8, 4) is 16.9 Å². The molecule has 1 fully saturated rings. The van der Waals surface area contributed by atoms with Gasteiger partial charge in [-0.05, 0) is 66.4 Å². The van der Waals surface area contributed by atoms with Gasteiger partial charge in [0.2, 0.25) is 5.91 Å². The number of hydrogen-bond donors (Lipinski definition) is 2. The lowest BCUT2D eigenvalue weighted by Gasteiger charge is -2.24. The molecule has 3 aromatic carbocycles. The molecule has 0 aliphatic carbocycles. The van der Waals surface area contributed by atoms with Gasteiger partial charge in [-0.1, -0.05) is 41.4 Å². The molecule has 1 heterocycles. The van der Waals surface area contributed by atoms with E-state index in [-0.39, 0.29) is 17.9 Å². The summed E-state index contributed by atoms with van der Waals surface area (Å²) in [5.41, 5.74) is 0.722. The molecule has 2 N–H and O–H groups in total. The van der Waals surface area contributed by atoms with Crippen molar-refractivity contribution in [2.24, 2.45) is 0 Å². The lowest BCUT2D eigenvalue weighted by Crippen LogP contribution is -2.45. The molecule has 0 unspecified atom stereocenters. The number of hydrogen-bond acceptors (Lipinski definition) is 3. The first-order valence-electron chi connectivity index (χ1n) is 11.1. The molecule has 1 saturated heterocycles. The number of benzene rings is 3. The molecule has 1 aliphatic heterocycles. The van der Waals surface area contributed by atoms with Gasteiger partial charge in [-0.15, -0.1) is 0 Å². The summed E-state index contributed by atoms with van der Waals surface area (Å²) in [4.78, 5) is 27.6. The molecule has 3 aromatic rings. The topological polar surface area (TPSA) is 69.6 Å². The van der Waals surface area contributed by atoms with Crippen LogP contribution in [0.3, 0.4) is 0 Å². The van der Waals surface area contributed by atoms with E-state index in [9.17, 15) is 27.9 Å². The third-order valence-electron chi connectivity index (χ3n) is 6.01. The van der Waals surface area contributed by atoms with Crippen LogP contribution in [0.2, 0.25) is 10.0 Å². The first-order chi connectivity index (χ1) is 17.0. The number of phenolic OH excluding ortho intramolecular Hbond substituents is 1. The number of rotatable bonds is 5. The predicted molar refractivity (Wildman–Crippen MR) is 131 cm³/mol. The molecule has 0 bridgehead atoms. The minimum atomic E-state index is -4.48. The van der Waals surface area contributed by atoms with Gasteiger partial charge in [0.1, 0.15) is 11.8 Å². The SMILES string of the molecule is O=C(NCc1cccc(C(F)(F)F)c1)[C@@H]1CCCN1C(=O)c1ccc(O)c(-c2ccc(Cl)c(Cl)c2)c1. The highest BCUT2D eigenvalue weighted by molar-refractivity contribution is 6.42. The molecule has 5 nitrogen and oxygen atoms in total. The Kier molecular flexibility index (Phi) is 7.47. The molecule has 4 rings (SSSR count). The largest absolute Gasteiger partial charge is 0.507 e. The van der Waals surface area contributed by atoms with E-state index in [1.165, 1.54) is 35.2 Å². The van der Waals surface area contributed by atoms with Gasteiger partial charge < -0.3 is 15.3 Å². The number of alkyl halides is 3. The minimum absolute atomic E-state index is 0.0539. The zero-order chi connectivity index (χ0) is 26.0. The average Bonchev–Trinajstić information content (AvgIpc) is 3.34. The van der Waals surface area contributed by atoms with Crippen LogP contribution in [0.1, 0.15) is 34.3 Å². The fraction of sp³-hybridized carbons (Fsp3) is 0.231. The predicted octanol–water partition coefficient (Wildman–Crippen LogP) is 6.31. The smallest absolute Gasteiger partial charge is 0.416 e. The molecule has 0 saturated carbocycles. The lowest BCUT2D eigenvalue weighted by atomic mass is 10.0. The molecule has 188 valence electrons. The maximum absolute atomic E-state index is 13.3. The highest BCUT2D eigenvalue weighted by atomic mass is 35.5. The van der Waals surface area contributed by atoms with Gasteiger partial charge in [-0.25, -0.2) is 0 Å². The third-order valence-corrected chi connectivity index (χ3v) is 6.75. The van der Waals surface area contributed by atoms with Gasteiger partial charge in [0, 0.05) is 24.2 Å². The van der Waals surface area contributed by atoms with Crippen LogP contribution in [0.25, 0.3) is 11.1 Å². The maximum atomic E-state index is 13.3. The molecule has 2 amide bonds. The normalized spacial score (nSPS) is 15.7. The number of phenols is 1. The highest BCUT2D eigenvalue weighted by Gasteiger charge is 2.35. The quantitative estimate of drug-likeness (QED) is 0.401. The Morgan fingerprint density at radius 1 is 1.03 bits per heavy atom. The Morgan fingerprint density at radius 2 is 1.81 bits per heavy atom. The van der Waals surface area contributed by atoms with Crippen molar-refractivity contribution in [1.82, 2.24) is 10.2 Å². The zero-order valence-electron chi connectivity index (χ0n) is 18.8. The third kappa shape index (κ3) is 5.60. The Bertz CT molecular complexity index is 1310. The molecule has 0 spiro atoms. The lowest BCUT2D eigenvalue weighted by molar-refractivity contribution is -0.137. The summed E-state index contributed by atoms with van der Waals surface area (Å²) in [7, 11) is 0. The monoisotopic (exact) mass is 536 g/mol. The molecule has 36 heavy (non-hydrogen) atoms. The summed E-state index contributed by atoms with van der Waals surface area (Å²) in [6, 6.07) is 13.2. The number of carbonyl (C=O) groups excluding carboxylic acids is 2. The van der Waals surface area contributed by atoms with E-state index < -0.39 is 29.6 Å². The second-order valence-electron chi connectivity index (χ2n) is 8.43. The van der Waals surface area contributed by atoms with Gasteiger partial charge in [0.25, 0.3) is 5.91 Å². The van der Waals surface area contributed by atoms with Gasteiger partial charge in [0.15, 0.2) is 0 Å². The van der Waals surface area contributed by atoms with Crippen molar-refractivity contribution in [1.29, 1.82) is 0 Å². The first-order valence-corrected chi connectivity index (χ1v) is 11.8.